The highest BCUT2D eigenvalue weighted by Crippen LogP contribution is 2.34. The Morgan fingerprint density at radius 3 is 2.33 bits per heavy atom. The van der Waals surface area contributed by atoms with Gasteiger partial charge in [-0.25, -0.2) is 0 Å². The number of nitrogens with zero attached hydrogens (tertiary/aromatic N) is 1. The minimum Gasteiger partial charge on any atom is -0.496 e. The molecule has 1 heterocycles. The summed E-state index contributed by atoms with van der Waals surface area (Å²) in [5.41, 5.74) is 1.08. The second-order valence-electron chi connectivity index (χ2n) is 5.57. The molecular weight excluding hydrogens is 268 g/mol. The van der Waals surface area contributed by atoms with Crippen molar-refractivity contribution in [2.24, 2.45) is 5.92 Å². The standard InChI is InChI=1S/C16H26N2O3/c1-18-6-5-12(11-18)9-17-10-13-7-15(20-3)16(21-4)8-14(13)19-2/h7-8,12,17H,5-6,9-11H2,1-4H3. The number of benzene rings is 1. The summed E-state index contributed by atoms with van der Waals surface area (Å²) < 4.78 is 16.1. The van der Waals surface area contributed by atoms with Crippen molar-refractivity contribution in [1.82, 2.24) is 10.2 Å². The molecule has 1 aromatic rings. The molecule has 0 bridgehead atoms. The zero-order valence-corrected chi connectivity index (χ0v) is 13.4. The van der Waals surface area contributed by atoms with Crippen LogP contribution in [0.25, 0.3) is 0 Å². The Hall–Kier alpha value is -1.46. The van der Waals surface area contributed by atoms with E-state index in [2.05, 4.69) is 17.3 Å². The van der Waals surface area contributed by atoms with E-state index in [0.29, 0.717) is 5.75 Å². The van der Waals surface area contributed by atoms with E-state index < -0.39 is 0 Å². The summed E-state index contributed by atoms with van der Waals surface area (Å²) in [6, 6.07) is 3.85. The Morgan fingerprint density at radius 2 is 1.76 bits per heavy atom. The fourth-order valence-corrected chi connectivity index (χ4v) is 2.83. The minimum absolute atomic E-state index is 0.690. The van der Waals surface area contributed by atoms with Crippen LogP contribution in [0.5, 0.6) is 17.2 Å². The lowest BCUT2D eigenvalue weighted by Crippen LogP contribution is -2.24. The lowest BCUT2D eigenvalue weighted by Gasteiger charge is -2.16. The predicted octanol–water partition coefficient (Wildman–Crippen LogP) is 1.75. The van der Waals surface area contributed by atoms with Crippen molar-refractivity contribution in [3.05, 3.63) is 17.7 Å². The second kappa shape index (κ2) is 7.52. The molecule has 0 aliphatic carbocycles. The average Bonchev–Trinajstić information content (AvgIpc) is 2.92. The molecule has 5 nitrogen and oxygen atoms in total. The summed E-state index contributed by atoms with van der Waals surface area (Å²) in [6.07, 6.45) is 1.27. The lowest BCUT2D eigenvalue weighted by molar-refractivity contribution is 0.346. The van der Waals surface area contributed by atoms with Gasteiger partial charge < -0.3 is 24.4 Å². The second-order valence-corrected chi connectivity index (χ2v) is 5.57. The Balaban J connectivity index is 1.98. The van der Waals surface area contributed by atoms with Crippen LogP contribution in [-0.2, 0) is 6.54 Å². The summed E-state index contributed by atoms with van der Waals surface area (Å²) in [5.74, 6) is 2.98. The first kappa shape index (κ1) is 15.9. The molecule has 1 aliphatic rings. The van der Waals surface area contributed by atoms with Crippen LogP contribution in [-0.4, -0.2) is 52.9 Å². The largest absolute Gasteiger partial charge is 0.496 e. The molecule has 1 unspecified atom stereocenters. The Morgan fingerprint density at radius 1 is 1.10 bits per heavy atom. The molecule has 1 atom stereocenters. The molecule has 2 rings (SSSR count). The van der Waals surface area contributed by atoms with E-state index in [9.17, 15) is 0 Å². The van der Waals surface area contributed by atoms with Crippen LogP contribution in [0.3, 0.4) is 0 Å². The quantitative estimate of drug-likeness (QED) is 0.830. The van der Waals surface area contributed by atoms with Gasteiger partial charge in [-0.3, -0.25) is 0 Å². The van der Waals surface area contributed by atoms with Crippen molar-refractivity contribution in [3.63, 3.8) is 0 Å². The van der Waals surface area contributed by atoms with Crippen LogP contribution in [0.1, 0.15) is 12.0 Å². The van der Waals surface area contributed by atoms with Crippen LogP contribution >= 0.6 is 0 Å². The van der Waals surface area contributed by atoms with Crippen LogP contribution in [0.4, 0.5) is 0 Å². The zero-order chi connectivity index (χ0) is 15.2. The molecule has 118 valence electrons. The Bertz CT molecular complexity index is 465. The highest BCUT2D eigenvalue weighted by molar-refractivity contribution is 5.50. The molecule has 1 aliphatic heterocycles. The maximum Gasteiger partial charge on any atom is 0.164 e. The smallest absolute Gasteiger partial charge is 0.164 e. The third-order valence-electron chi connectivity index (χ3n) is 4.02. The first-order valence-corrected chi connectivity index (χ1v) is 7.36. The number of nitrogens with one attached hydrogen (secondary N) is 1. The van der Waals surface area contributed by atoms with E-state index in [0.717, 1.165) is 36.1 Å². The van der Waals surface area contributed by atoms with Gasteiger partial charge in [0.15, 0.2) is 11.5 Å². The van der Waals surface area contributed by atoms with Crippen LogP contribution in [0.2, 0.25) is 0 Å². The molecule has 0 spiro atoms. The van der Waals surface area contributed by atoms with Crippen molar-refractivity contribution >= 4 is 0 Å². The van der Waals surface area contributed by atoms with Gasteiger partial charge in [-0.15, -0.1) is 0 Å². The first-order valence-electron chi connectivity index (χ1n) is 7.36. The zero-order valence-electron chi connectivity index (χ0n) is 13.4. The molecule has 1 aromatic carbocycles. The molecule has 1 N–H and O–H groups in total. The molecule has 21 heavy (non-hydrogen) atoms. The normalized spacial score (nSPS) is 18.8. The van der Waals surface area contributed by atoms with Crippen molar-refractivity contribution in [1.29, 1.82) is 0 Å². The monoisotopic (exact) mass is 294 g/mol. The molecule has 1 saturated heterocycles. The topological polar surface area (TPSA) is 43.0 Å². The fraction of sp³-hybridized carbons (Fsp3) is 0.625. The molecular formula is C16H26N2O3. The van der Waals surface area contributed by atoms with Gasteiger partial charge in [0.1, 0.15) is 5.75 Å². The summed E-state index contributed by atoms with van der Waals surface area (Å²) in [7, 11) is 7.13. The van der Waals surface area contributed by atoms with E-state index in [1.807, 2.05) is 12.1 Å². The van der Waals surface area contributed by atoms with E-state index in [4.69, 9.17) is 14.2 Å². The third kappa shape index (κ3) is 4.02. The maximum atomic E-state index is 5.44. The van der Waals surface area contributed by atoms with Gasteiger partial charge in [-0.05, 0) is 38.5 Å². The number of hydrogen-bond acceptors (Lipinski definition) is 5. The van der Waals surface area contributed by atoms with E-state index in [1.54, 1.807) is 21.3 Å². The highest BCUT2D eigenvalue weighted by atomic mass is 16.5. The summed E-state index contributed by atoms with van der Waals surface area (Å²) >= 11 is 0. The van der Waals surface area contributed by atoms with Gasteiger partial charge >= 0.3 is 0 Å². The van der Waals surface area contributed by atoms with Crippen LogP contribution < -0.4 is 19.5 Å². The lowest BCUT2D eigenvalue weighted by atomic mass is 10.1. The Labute approximate surface area is 127 Å². The predicted molar refractivity (Wildman–Crippen MR) is 83.4 cm³/mol. The van der Waals surface area contributed by atoms with Crippen molar-refractivity contribution in [2.75, 3.05) is 48.0 Å². The van der Waals surface area contributed by atoms with Gasteiger partial charge in [0.05, 0.1) is 21.3 Å². The summed E-state index contributed by atoms with van der Waals surface area (Å²) in [4.78, 5) is 2.38. The molecule has 1 fully saturated rings. The van der Waals surface area contributed by atoms with Gasteiger partial charge in [0.25, 0.3) is 0 Å². The van der Waals surface area contributed by atoms with E-state index in [1.165, 1.54) is 19.5 Å². The summed E-state index contributed by atoms with van der Waals surface area (Å²) in [6.45, 7) is 4.17. The molecule has 0 aromatic heterocycles. The molecule has 0 saturated carbocycles. The number of ether oxygens (including phenoxy) is 3. The SMILES string of the molecule is COc1cc(OC)c(OC)cc1CNCC1CCN(C)C1. The number of hydrogen-bond donors (Lipinski definition) is 1. The van der Waals surface area contributed by atoms with Crippen molar-refractivity contribution in [3.8, 4) is 17.2 Å². The summed E-state index contributed by atoms with van der Waals surface area (Å²) in [5, 5.41) is 3.52. The average molecular weight is 294 g/mol. The van der Waals surface area contributed by atoms with Gasteiger partial charge in [-0.1, -0.05) is 0 Å². The fourth-order valence-electron chi connectivity index (χ4n) is 2.83. The van der Waals surface area contributed by atoms with Gasteiger partial charge in [0, 0.05) is 24.7 Å². The molecule has 0 radical (unpaired) electrons. The van der Waals surface area contributed by atoms with E-state index in [-0.39, 0.29) is 0 Å². The van der Waals surface area contributed by atoms with E-state index >= 15 is 0 Å². The van der Waals surface area contributed by atoms with Crippen molar-refractivity contribution in [2.45, 2.75) is 13.0 Å². The van der Waals surface area contributed by atoms with Crippen molar-refractivity contribution < 1.29 is 14.2 Å². The van der Waals surface area contributed by atoms with Gasteiger partial charge in [0.2, 0.25) is 0 Å². The third-order valence-corrected chi connectivity index (χ3v) is 4.02. The Kier molecular flexibility index (Phi) is 5.70. The van der Waals surface area contributed by atoms with Crippen LogP contribution in [0, 0.1) is 5.92 Å². The van der Waals surface area contributed by atoms with Gasteiger partial charge in [-0.2, -0.15) is 0 Å². The van der Waals surface area contributed by atoms with Crippen LogP contribution in [0.15, 0.2) is 12.1 Å². The first-order chi connectivity index (χ1) is 10.2. The highest BCUT2D eigenvalue weighted by Gasteiger charge is 2.19. The number of rotatable bonds is 7. The molecule has 0 amide bonds. The number of methoxy groups -OCH3 is 3. The maximum absolute atomic E-state index is 5.44. The molecule has 5 heteroatoms. The minimum atomic E-state index is 0.690. The number of likely N-dealkylation sites (tertiary alicyclic amines) is 1.